The standard InChI is InChI=1S/C17H26N4OS/c1-20-16(13-8-9-13)18-19-17(20)23-11-15(22)21-10-4-6-12-5-2-3-7-14(12)21/h12-14H,2-11H2,1H3/t12-,14-/m1/s1. The lowest BCUT2D eigenvalue weighted by atomic mass is 9.78. The number of hydrogen-bond acceptors (Lipinski definition) is 4. The van der Waals surface area contributed by atoms with Crippen LogP contribution < -0.4 is 0 Å². The Morgan fingerprint density at radius 3 is 2.74 bits per heavy atom. The van der Waals surface area contributed by atoms with Crippen molar-refractivity contribution in [2.24, 2.45) is 13.0 Å². The van der Waals surface area contributed by atoms with Gasteiger partial charge in [0.25, 0.3) is 0 Å². The molecule has 2 saturated carbocycles. The molecule has 0 radical (unpaired) electrons. The van der Waals surface area contributed by atoms with Gasteiger partial charge in [0.05, 0.1) is 5.75 Å². The molecule has 0 aromatic carbocycles. The van der Waals surface area contributed by atoms with E-state index in [1.807, 2.05) is 7.05 Å². The Bertz CT molecular complexity index is 581. The fourth-order valence-electron chi connectivity index (χ4n) is 4.29. The molecular weight excluding hydrogens is 308 g/mol. The molecule has 0 spiro atoms. The van der Waals surface area contributed by atoms with Crippen LogP contribution in [0.3, 0.4) is 0 Å². The fraction of sp³-hybridized carbons (Fsp3) is 0.824. The van der Waals surface area contributed by atoms with Gasteiger partial charge in [-0.1, -0.05) is 24.6 Å². The number of amides is 1. The molecule has 1 aliphatic heterocycles. The van der Waals surface area contributed by atoms with Crippen LogP contribution >= 0.6 is 11.8 Å². The number of thioether (sulfide) groups is 1. The third kappa shape index (κ3) is 3.14. The summed E-state index contributed by atoms with van der Waals surface area (Å²) >= 11 is 1.55. The van der Waals surface area contributed by atoms with E-state index < -0.39 is 0 Å². The van der Waals surface area contributed by atoms with Gasteiger partial charge < -0.3 is 9.47 Å². The van der Waals surface area contributed by atoms with Crippen LogP contribution in [-0.4, -0.2) is 43.9 Å². The Kier molecular flexibility index (Phi) is 4.35. The molecule has 5 nitrogen and oxygen atoms in total. The van der Waals surface area contributed by atoms with Crippen molar-refractivity contribution in [2.45, 2.75) is 68.5 Å². The van der Waals surface area contributed by atoms with Crippen LogP contribution in [0, 0.1) is 5.92 Å². The van der Waals surface area contributed by atoms with Crippen molar-refractivity contribution in [2.75, 3.05) is 12.3 Å². The molecule has 0 N–H and O–H groups in total. The molecule has 0 bridgehead atoms. The molecule has 3 fully saturated rings. The zero-order valence-electron chi connectivity index (χ0n) is 13.9. The monoisotopic (exact) mass is 334 g/mol. The molecular formula is C17H26N4OS. The van der Waals surface area contributed by atoms with Crippen LogP contribution in [0.1, 0.15) is 63.1 Å². The van der Waals surface area contributed by atoms with Crippen molar-refractivity contribution in [3.63, 3.8) is 0 Å². The molecule has 23 heavy (non-hydrogen) atoms. The average Bonchev–Trinajstić information content (AvgIpc) is 3.36. The molecule has 1 aromatic heterocycles. The molecule has 1 aromatic rings. The van der Waals surface area contributed by atoms with Gasteiger partial charge in [0.15, 0.2) is 5.16 Å². The number of carbonyl (C=O) groups excluding carboxylic acids is 1. The van der Waals surface area contributed by atoms with E-state index in [1.54, 1.807) is 11.8 Å². The van der Waals surface area contributed by atoms with Gasteiger partial charge in [0, 0.05) is 25.6 Å². The SMILES string of the molecule is Cn1c(SCC(=O)N2CCC[C@H]3CCCC[C@H]32)nnc1C1CC1. The van der Waals surface area contributed by atoms with Gasteiger partial charge in [-0.05, 0) is 44.4 Å². The van der Waals surface area contributed by atoms with Crippen LogP contribution in [0.2, 0.25) is 0 Å². The fourth-order valence-corrected chi connectivity index (χ4v) is 5.10. The molecule has 2 aliphatic carbocycles. The normalized spacial score (nSPS) is 27.8. The van der Waals surface area contributed by atoms with Crippen LogP contribution in [0.4, 0.5) is 0 Å². The lowest BCUT2D eigenvalue weighted by molar-refractivity contribution is -0.134. The Balaban J connectivity index is 1.37. The van der Waals surface area contributed by atoms with Gasteiger partial charge in [0.2, 0.25) is 5.91 Å². The summed E-state index contributed by atoms with van der Waals surface area (Å²) < 4.78 is 2.08. The minimum Gasteiger partial charge on any atom is -0.339 e. The number of nitrogens with zero attached hydrogens (tertiary/aromatic N) is 4. The molecule has 2 heterocycles. The van der Waals surface area contributed by atoms with Gasteiger partial charge in [-0.3, -0.25) is 4.79 Å². The average molecular weight is 334 g/mol. The van der Waals surface area contributed by atoms with E-state index >= 15 is 0 Å². The molecule has 126 valence electrons. The number of piperidine rings is 1. The summed E-state index contributed by atoms with van der Waals surface area (Å²) in [5.74, 6) is 3.23. The highest BCUT2D eigenvalue weighted by atomic mass is 32.2. The number of rotatable bonds is 4. The molecule has 1 saturated heterocycles. The molecule has 3 aliphatic rings. The minimum atomic E-state index is 0.294. The first-order valence-corrected chi connectivity index (χ1v) is 10.0. The Labute approximate surface area is 142 Å². The van der Waals surface area contributed by atoms with Gasteiger partial charge in [-0.15, -0.1) is 10.2 Å². The lowest BCUT2D eigenvalue weighted by Gasteiger charge is -2.44. The van der Waals surface area contributed by atoms with Crippen LogP contribution in [0.25, 0.3) is 0 Å². The molecule has 4 rings (SSSR count). The Morgan fingerprint density at radius 1 is 1.13 bits per heavy atom. The summed E-state index contributed by atoms with van der Waals surface area (Å²) in [4.78, 5) is 14.9. The molecule has 6 heteroatoms. The van der Waals surface area contributed by atoms with E-state index in [1.165, 1.54) is 51.4 Å². The van der Waals surface area contributed by atoms with E-state index in [0.29, 0.717) is 23.6 Å². The van der Waals surface area contributed by atoms with Crippen molar-refractivity contribution >= 4 is 17.7 Å². The van der Waals surface area contributed by atoms with E-state index in [4.69, 9.17) is 0 Å². The van der Waals surface area contributed by atoms with Gasteiger partial charge in [0.1, 0.15) is 5.82 Å². The second kappa shape index (κ2) is 6.46. The van der Waals surface area contributed by atoms with E-state index in [0.717, 1.165) is 23.4 Å². The summed E-state index contributed by atoms with van der Waals surface area (Å²) in [6.45, 7) is 0.951. The number of carbonyl (C=O) groups is 1. The van der Waals surface area contributed by atoms with Gasteiger partial charge in [-0.25, -0.2) is 0 Å². The zero-order valence-corrected chi connectivity index (χ0v) is 14.7. The van der Waals surface area contributed by atoms with Crippen molar-refractivity contribution in [3.05, 3.63) is 5.82 Å². The first kappa shape index (κ1) is 15.5. The van der Waals surface area contributed by atoms with Gasteiger partial charge in [-0.2, -0.15) is 0 Å². The summed E-state index contributed by atoms with van der Waals surface area (Å²) in [6.07, 6.45) is 10.1. The quantitative estimate of drug-likeness (QED) is 0.794. The third-order valence-electron chi connectivity index (χ3n) is 5.70. The number of fused-ring (bicyclic) bond motifs is 1. The second-order valence-corrected chi connectivity index (χ2v) is 8.25. The summed E-state index contributed by atoms with van der Waals surface area (Å²) in [5.41, 5.74) is 0. The molecule has 1 amide bonds. The van der Waals surface area contributed by atoms with Crippen molar-refractivity contribution in [1.82, 2.24) is 19.7 Å². The van der Waals surface area contributed by atoms with Crippen molar-refractivity contribution in [1.29, 1.82) is 0 Å². The highest BCUT2D eigenvalue weighted by molar-refractivity contribution is 7.99. The number of hydrogen-bond donors (Lipinski definition) is 0. The van der Waals surface area contributed by atoms with Crippen LogP contribution in [0.15, 0.2) is 5.16 Å². The summed E-state index contributed by atoms with van der Waals surface area (Å²) in [7, 11) is 2.03. The predicted molar refractivity (Wildman–Crippen MR) is 90.4 cm³/mol. The maximum Gasteiger partial charge on any atom is 0.233 e. The molecule has 2 atom stereocenters. The second-order valence-electron chi connectivity index (χ2n) is 7.30. The van der Waals surface area contributed by atoms with E-state index in [9.17, 15) is 4.79 Å². The smallest absolute Gasteiger partial charge is 0.233 e. The number of likely N-dealkylation sites (tertiary alicyclic amines) is 1. The van der Waals surface area contributed by atoms with Crippen molar-refractivity contribution < 1.29 is 4.79 Å². The largest absolute Gasteiger partial charge is 0.339 e. The Hall–Kier alpha value is -1.04. The maximum atomic E-state index is 12.7. The first-order valence-electron chi connectivity index (χ1n) is 9.05. The summed E-state index contributed by atoms with van der Waals surface area (Å²) in [5, 5.41) is 9.47. The predicted octanol–water partition coefficient (Wildman–Crippen LogP) is 2.97. The minimum absolute atomic E-state index is 0.294. The van der Waals surface area contributed by atoms with Crippen LogP contribution in [0.5, 0.6) is 0 Å². The van der Waals surface area contributed by atoms with Crippen molar-refractivity contribution in [3.8, 4) is 0 Å². The van der Waals surface area contributed by atoms with Gasteiger partial charge >= 0.3 is 0 Å². The van der Waals surface area contributed by atoms with E-state index in [-0.39, 0.29) is 0 Å². The highest BCUT2D eigenvalue weighted by Crippen LogP contribution is 2.40. The topological polar surface area (TPSA) is 51.0 Å². The van der Waals surface area contributed by atoms with E-state index in [2.05, 4.69) is 19.7 Å². The maximum absolute atomic E-state index is 12.7. The first-order chi connectivity index (χ1) is 11.2. The summed E-state index contributed by atoms with van der Waals surface area (Å²) in [6, 6.07) is 0.507. The third-order valence-corrected chi connectivity index (χ3v) is 6.70. The lowest BCUT2D eigenvalue weighted by Crippen LogP contribution is -2.50. The zero-order chi connectivity index (χ0) is 15.8. The molecule has 0 unspecified atom stereocenters. The Morgan fingerprint density at radius 2 is 1.91 bits per heavy atom. The highest BCUT2D eigenvalue weighted by Gasteiger charge is 2.35. The number of aromatic nitrogens is 3. The van der Waals surface area contributed by atoms with Crippen LogP contribution in [-0.2, 0) is 11.8 Å².